The molecule has 0 aromatic heterocycles. The standard InChI is InChI=1S/C22H25N3O4/c1-15(26)17-4-3-5-19(14-17)24-22(28)25-12-10-18(11-13-25)23-21(27)16-6-8-20(29-2)9-7-16/h3-9,14,18H,10-13H2,1-2H3,(H,23,27)(H,24,28). The van der Waals surface area contributed by atoms with Crippen molar-refractivity contribution in [2.45, 2.75) is 25.8 Å². The first-order chi connectivity index (χ1) is 14.0. The van der Waals surface area contributed by atoms with Gasteiger partial charge in [0.15, 0.2) is 5.78 Å². The number of rotatable bonds is 5. The normalized spacial score (nSPS) is 14.2. The number of carbonyl (C=O) groups excluding carboxylic acids is 3. The number of amides is 3. The molecule has 2 aromatic carbocycles. The summed E-state index contributed by atoms with van der Waals surface area (Å²) >= 11 is 0. The van der Waals surface area contributed by atoms with Crippen LogP contribution in [0.25, 0.3) is 0 Å². The number of methoxy groups -OCH3 is 1. The van der Waals surface area contributed by atoms with E-state index in [1.807, 2.05) is 0 Å². The summed E-state index contributed by atoms with van der Waals surface area (Å²) in [5.41, 5.74) is 1.73. The molecule has 7 heteroatoms. The molecular formula is C22H25N3O4. The van der Waals surface area contributed by atoms with E-state index in [0.717, 1.165) is 0 Å². The second-order valence-corrected chi connectivity index (χ2v) is 7.03. The number of Topliss-reactive ketones (excluding diaryl/α,β-unsaturated/α-hetero) is 1. The lowest BCUT2D eigenvalue weighted by Crippen LogP contribution is -2.47. The molecule has 0 saturated carbocycles. The van der Waals surface area contributed by atoms with E-state index < -0.39 is 0 Å². The summed E-state index contributed by atoms with van der Waals surface area (Å²) in [5, 5.41) is 5.86. The zero-order chi connectivity index (χ0) is 20.8. The fourth-order valence-electron chi connectivity index (χ4n) is 3.26. The van der Waals surface area contributed by atoms with Crippen LogP contribution in [0.3, 0.4) is 0 Å². The fraction of sp³-hybridized carbons (Fsp3) is 0.318. The Labute approximate surface area is 170 Å². The van der Waals surface area contributed by atoms with Crippen LogP contribution in [-0.4, -0.2) is 48.9 Å². The van der Waals surface area contributed by atoms with Gasteiger partial charge in [0.2, 0.25) is 0 Å². The number of ketones is 1. The minimum Gasteiger partial charge on any atom is -0.497 e. The van der Waals surface area contributed by atoms with Crippen LogP contribution in [0.2, 0.25) is 0 Å². The van der Waals surface area contributed by atoms with Gasteiger partial charge in [-0.3, -0.25) is 9.59 Å². The Hall–Kier alpha value is -3.35. The number of nitrogens with zero attached hydrogens (tertiary/aromatic N) is 1. The van der Waals surface area contributed by atoms with Crippen molar-refractivity contribution >= 4 is 23.4 Å². The molecular weight excluding hydrogens is 370 g/mol. The number of piperidine rings is 1. The van der Waals surface area contributed by atoms with Gasteiger partial charge in [-0.05, 0) is 56.2 Å². The van der Waals surface area contributed by atoms with Crippen molar-refractivity contribution in [2.24, 2.45) is 0 Å². The van der Waals surface area contributed by atoms with Crippen LogP contribution in [0, 0.1) is 0 Å². The number of nitrogens with one attached hydrogen (secondary N) is 2. The van der Waals surface area contributed by atoms with Crippen molar-refractivity contribution in [1.82, 2.24) is 10.2 Å². The van der Waals surface area contributed by atoms with E-state index in [0.29, 0.717) is 48.5 Å². The third kappa shape index (κ3) is 5.34. The highest BCUT2D eigenvalue weighted by Crippen LogP contribution is 2.16. The molecule has 0 radical (unpaired) electrons. The Kier molecular flexibility index (Phi) is 6.49. The predicted molar refractivity (Wildman–Crippen MR) is 111 cm³/mol. The van der Waals surface area contributed by atoms with Gasteiger partial charge in [0.1, 0.15) is 5.75 Å². The molecule has 152 valence electrons. The zero-order valence-electron chi connectivity index (χ0n) is 16.6. The summed E-state index contributed by atoms with van der Waals surface area (Å²) in [5.74, 6) is 0.529. The minimum absolute atomic E-state index is 0.0229. The summed E-state index contributed by atoms with van der Waals surface area (Å²) in [6.07, 6.45) is 1.37. The van der Waals surface area contributed by atoms with E-state index in [1.165, 1.54) is 6.92 Å². The number of urea groups is 1. The van der Waals surface area contributed by atoms with E-state index >= 15 is 0 Å². The first kappa shape index (κ1) is 20.4. The Bertz CT molecular complexity index is 887. The number of anilines is 1. The molecule has 0 bridgehead atoms. The number of ether oxygens (including phenoxy) is 1. The van der Waals surface area contributed by atoms with Gasteiger partial charge in [-0.15, -0.1) is 0 Å². The first-order valence-corrected chi connectivity index (χ1v) is 9.58. The Balaban J connectivity index is 1.49. The van der Waals surface area contributed by atoms with Crippen molar-refractivity contribution in [2.75, 3.05) is 25.5 Å². The molecule has 1 fully saturated rings. The Morgan fingerprint density at radius 3 is 2.31 bits per heavy atom. The monoisotopic (exact) mass is 395 g/mol. The smallest absolute Gasteiger partial charge is 0.321 e. The molecule has 1 saturated heterocycles. The molecule has 0 spiro atoms. The highest BCUT2D eigenvalue weighted by molar-refractivity contribution is 5.97. The van der Waals surface area contributed by atoms with Crippen LogP contribution in [-0.2, 0) is 0 Å². The summed E-state index contributed by atoms with van der Waals surface area (Å²) < 4.78 is 5.10. The minimum atomic E-state index is -0.203. The SMILES string of the molecule is COc1ccc(C(=O)NC2CCN(C(=O)Nc3cccc(C(C)=O)c3)CC2)cc1. The third-order valence-electron chi connectivity index (χ3n) is 4.99. The quantitative estimate of drug-likeness (QED) is 0.760. The summed E-state index contributed by atoms with van der Waals surface area (Å²) in [4.78, 5) is 38.1. The maximum atomic E-state index is 12.5. The maximum Gasteiger partial charge on any atom is 0.321 e. The Morgan fingerprint density at radius 2 is 1.69 bits per heavy atom. The van der Waals surface area contributed by atoms with Crippen molar-refractivity contribution in [3.63, 3.8) is 0 Å². The number of hydrogen-bond donors (Lipinski definition) is 2. The molecule has 0 atom stereocenters. The van der Waals surface area contributed by atoms with Gasteiger partial charge < -0.3 is 20.3 Å². The average Bonchev–Trinajstić information content (AvgIpc) is 2.74. The van der Waals surface area contributed by atoms with Crippen LogP contribution in [0.5, 0.6) is 5.75 Å². The molecule has 3 rings (SSSR count). The maximum absolute atomic E-state index is 12.5. The van der Waals surface area contributed by atoms with Crippen molar-refractivity contribution in [1.29, 1.82) is 0 Å². The largest absolute Gasteiger partial charge is 0.497 e. The van der Waals surface area contributed by atoms with Crippen molar-refractivity contribution in [3.05, 3.63) is 59.7 Å². The molecule has 7 nitrogen and oxygen atoms in total. The first-order valence-electron chi connectivity index (χ1n) is 9.58. The van der Waals surface area contributed by atoms with Crippen molar-refractivity contribution in [3.8, 4) is 5.75 Å². The zero-order valence-corrected chi connectivity index (χ0v) is 16.6. The summed E-state index contributed by atoms with van der Waals surface area (Å²) in [6.45, 7) is 2.59. The highest BCUT2D eigenvalue weighted by Gasteiger charge is 2.24. The lowest BCUT2D eigenvalue weighted by molar-refractivity contribution is 0.0918. The molecule has 1 aliphatic heterocycles. The van der Waals surface area contributed by atoms with Crippen LogP contribution >= 0.6 is 0 Å². The van der Waals surface area contributed by atoms with Gasteiger partial charge >= 0.3 is 6.03 Å². The second-order valence-electron chi connectivity index (χ2n) is 7.03. The predicted octanol–water partition coefficient (Wildman–Crippen LogP) is 3.32. The van der Waals surface area contributed by atoms with Gasteiger partial charge in [-0.2, -0.15) is 0 Å². The molecule has 2 N–H and O–H groups in total. The van der Waals surface area contributed by atoms with Gasteiger partial charge in [0, 0.05) is 35.9 Å². The summed E-state index contributed by atoms with van der Waals surface area (Å²) in [7, 11) is 1.58. The highest BCUT2D eigenvalue weighted by atomic mass is 16.5. The fourth-order valence-corrected chi connectivity index (χ4v) is 3.26. The van der Waals surface area contributed by atoms with Gasteiger partial charge in [0.25, 0.3) is 5.91 Å². The second kappa shape index (κ2) is 9.23. The molecule has 0 unspecified atom stereocenters. The third-order valence-corrected chi connectivity index (χ3v) is 4.99. The number of likely N-dealkylation sites (tertiary alicyclic amines) is 1. The molecule has 1 heterocycles. The van der Waals surface area contributed by atoms with Gasteiger partial charge in [-0.25, -0.2) is 4.79 Å². The van der Waals surface area contributed by atoms with Crippen LogP contribution in [0.15, 0.2) is 48.5 Å². The van der Waals surface area contributed by atoms with Crippen LogP contribution in [0.1, 0.15) is 40.5 Å². The van der Waals surface area contributed by atoms with E-state index in [-0.39, 0.29) is 23.8 Å². The molecule has 3 amide bonds. The lowest BCUT2D eigenvalue weighted by atomic mass is 10.0. The number of hydrogen-bond acceptors (Lipinski definition) is 4. The molecule has 0 aliphatic carbocycles. The Morgan fingerprint density at radius 1 is 1.00 bits per heavy atom. The summed E-state index contributed by atoms with van der Waals surface area (Å²) in [6, 6.07) is 13.7. The van der Waals surface area contributed by atoms with E-state index in [1.54, 1.807) is 60.5 Å². The van der Waals surface area contributed by atoms with E-state index in [2.05, 4.69) is 10.6 Å². The van der Waals surface area contributed by atoms with Gasteiger partial charge in [0.05, 0.1) is 7.11 Å². The van der Waals surface area contributed by atoms with E-state index in [9.17, 15) is 14.4 Å². The topological polar surface area (TPSA) is 87.7 Å². The average molecular weight is 395 g/mol. The van der Waals surface area contributed by atoms with Gasteiger partial charge in [-0.1, -0.05) is 12.1 Å². The molecule has 29 heavy (non-hydrogen) atoms. The molecule has 2 aromatic rings. The van der Waals surface area contributed by atoms with E-state index in [4.69, 9.17) is 4.74 Å². The lowest BCUT2D eigenvalue weighted by Gasteiger charge is -2.32. The number of benzene rings is 2. The molecule has 1 aliphatic rings. The van der Waals surface area contributed by atoms with Crippen LogP contribution in [0.4, 0.5) is 10.5 Å². The van der Waals surface area contributed by atoms with Crippen molar-refractivity contribution < 1.29 is 19.1 Å². The number of carbonyl (C=O) groups is 3. The van der Waals surface area contributed by atoms with Crippen LogP contribution < -0.4 is 15.4 Å².